The van der Waals surface area contributed by atoms with E-state index in [9.17, 15) is 9.59 Å². The van der Waals surface area contributed by atoms with Crippen molar-refractivity contribution in [2.24, 2.45) is 0 Å². The first-order valence-corrected chi connectivity index (χ1v) is 6.95. The summed E-state index contributed by atoms with van der Waals surface area (Å²) in [5.74, 6) is -0.279. The molecule has 0 aliphatic rings. The van der Waals surface area contributed by atoms with Crippen LogP contribution in [0.25, 0.3) is 6.08 Å². The summed E-state index contributed by atoms with van der Waals surface area (Å²) in [6.45, 7) is 1.49. The van der Waals surface area contributed by atoms with Crippen molar-refractivity contribution >= 4 is 29.3 Å². The molecule has 4 nitrogen and oxygen atoms in total. The van der Waals surface area contributed by atoms with Crippen molar-refractivity contribution in [2.75, 3.05) is 17.3 Å². The summed E-state index contributed by atoms with van der Waals surface area (Å²) < 4.78 is 0. The molecule has 4 heteroatoms. The van der Waals surface area contributed by atoms with Crippen molar-refractivity contribution in [1.29, 1.82) is 0 Å². The van der Waals surface area contributed by atoms with Gasteiger partial charge in [-0.1, -0.05) is 36.4 Å². The van der Waals surface area contributed by atoms with E-state index in [1.807, 2.05) is 36.4 Å². The van der Waals surface area contributed by atoms with Gasteiger partial charge in [0.1, 0.15) is 0 Å². The molecule has 0 aliphatic carbocycles. The average molecular weight is 294 g/mol. The predicted molar refractivity (Wildman–Crippen MR) is 89.6 cm³/mol. The van der Waals surface area contributed by atoms with Crippen LogP contribution in [0.3, 0.4) is 0 Å². The molecule has 2 amide bonds. The van der Waals surface area contributed by atoms with Gasteiger partial charge in [-0.15, -0.1) is 0 Å². The van der Waals surface area contributed by atoms with E-state index in [0.29, 0.717) is 5.69 Å². The highest BCUT2D eigenvalue weighted by Crippen LogP contribution is 2.18. The van der Waals surface area contributed by atoms with Crippen LogP contribution in [0.15, 0.2) is 60.7 Å². The van der Waals surface area contributed by atoms with Crippen LogP contribution in [0, 0.1) is 0 Å². The number of benzene rings is 2. The molecule has 2 aromatic carbocycles. The number of carbonyl (C=O) groups is 2. The monoisotopic (exact) mass is 294 g/mol. The lowest BCUT2D eigenvalue weighted by atomic mass is 10.2. The van der Waals surface area contributed by atoms with Crippen LogP contribution in [0.2, 0.25) is 0 Å². The van der Waals surface area contributed by atoms with Crippen molar-refractivity contribution in [3.63, 3.8) is 0 Å². The number of hydrogen-bond acceptors (Lipinski definition) is 2. The third-order valence-corrected chi connectivity index (χ3v) is 3.20. The molecule has 0 aromatic heterocycles. The van der Waals surface area contributed by atoms with Gasteiger partial charge in [0.05, 0.1) is 0 Å². The molecule has 0 aliphatic heterocycles. The van der Waals surface area contributed by atoms with Crippen molar-refractivity contribution < 1.29 is 9.59 Å². The Morgan fingerprint density at radius 1 is 1.05 bits per heavy atom. The number of carbonyl (C=O) groups excluding carboxylic acids is 2. The molecule has 0 radical (unpaired) electrons. The Labute approximate surface area is 130 Å². The van der Waals surface area contributed by atoms with Gasteiger partial charge in [0, 0.05) is 31.4 Å². The topological polar surface area (TPSA) is 49.4 Å². The first kappa shape index (κ1) is 15.5. The van der Waals surface area contributed by atoms with Gasteiger partial charge in [-0.05, 0) is 29.8 Å². The second-order valence-corrected chi connectivity index (χ2v) is 4.86. The summed E-state index contributed by atoms with van der Waals surface area (Å²) in [7, 11) is 1.69. The van der Waals surface area contributed by atoms with Gasteiger partial charge < -0.3 is 10.2 Å². The van der Waals surface area contributed by atoms with Crippen LogP contribution >= 0.6 is 0 Å². The lowest BCUT2D eigenvalue weighted by molar-refractivity contribution is -0.116. The van der Waals surface area contributed by atoms with Gasteiger partial charge in [-0.2, -0.15) is 0 Å². The zero-order valence-electron chi connectivity index (χ0n) is 12.6. The number of rotatable bonds is 4. The molecular formula is C18H18N2O2. The minimum atomic E-state index is -0.216. The number of nitrogens with one attached hydrogen (secondary N) is 1. The molecule has 0 bridgehead atoms. The Morgan fingerprint density at radius 3 is 2.45 bits per heavy atom. The fourth-order valence-corrected chi connectivity index (χ4v) is 1.89. The smallest absolute Gasteiger partial charge is 0.248 e. The van der Waals surface area contributed by atoms with E-state index in [4.69, 9.17) is 0 Å². The zero-order valence-corrected chi connectivity index (χ0v) is 12.6. The normalized spacial score (nSPS) is 10.5. The quantitative estimate of drug-likeness (QED) is 0.879. The fourth-order valence-electron chi connectivity index (χ4n) is 1.89. The first-order valence-electron chi connectivity index (χ1n) is 6.95. The minimum absolute atomic E-state index is 0.0625. The second kappa shape index (κ2) is 7.22. The maximum absolute atomic E-state index is 11.9. The van der Waals surface area contributed by atoms with Gasteiger partial charge in [0.15, 0.2) is 0 Å². The van der Waals surface area contributed by atoms with Crippen molar-refractivity contribution in [3.05, 3.63) is 66.2 Å². The maximum atomic E-state index is 11.9. The molecule has 0 unspecified atom stereocenters. The van der Waals surface area contributed by atoms with E-state index in [1.54, 1.807) is 31.3 Å². The number of anilines is 2. The third-order valence-electron chi connectivity index (χ3n) is 3.20. The maximum Gasteiger partial charge on any atom is 0.248 e. The van der Waals surface area contributed by atoms with E-state index in [-0.39, 0.29) is 11.8 Å². The summed E-state index contributed by atoms with van der Waals surface area (Å²) in [5, 5.41) is 2.78. The van der Waals surface area contributed by atoms with E-state index < -0.39 is 0 Å². The summed E-state index contributed by atoms with van der Waals surface area (Å²) >= 11 is 0. The molecule has 22 heavy (non-hydrogen) atoms. The van der Waals surface area contributed by atoms with Gasteiger partial charge in [0.2, 0.25) is 11.8 Å². The minimum Gasteiger partial charge on any atom is -0.322 e. The standard InChI is InChI=1S/C18H18N2O2/c1-14(21)20(2)17-10-6-9-16(13-17)19-18(22)12-11-15-7-4-3-5-8-15/h3-13H,1-2H3,(H,19,22)/b12-11+. The molecule has 0 saturated carbocycles. The summed E-state index contributed by atoms with van der Waals surface area (Å²) in [6.07, 6.45) is 3.23. The van der Waals surface area contributed by atoms with Crippen LogP contribution in [-0.4, -0.2) is 18.9 Å². The molecule has 0 fully saturated rings. The molecule has 1 N–H and O–H groups in total. The van der Waals surface area contributed by atoms with Gasteiger partial charge >= 0.3 is 0 Å². The van der Waals surface area contributed by atoms with Crippen LogP contribution in [0.4, 0.5) is 11.4 Å². The van der Waals surface area contributed by atoms with E-state index in [1.165, 1.54) is 17.9 Å². The summed E-state index contributed by atoms with van der Waals surface area (Å²) in [6, 6.07) is 16.8. The lowest BCUT2D eigenvalue weighted by Crippen LogP contribution is -2.22. The second-order valence-electron chi connectivity index (χ2n) is 4.86. The molecule has 0 saturated heterocycles. The van der Waals surface area contributed by atoms with E-state index >= 15 is 0 Å². The number of nitrogens with zero attached hydrogens (tertiary/aromatic N) is 1. The van der Waals surface area contributed by atoms with Gasteiger partial charge in [0.25, 0.3) is 0 Å². The number of hydrogen-bond donors (Lipinski definition) is 1. The third kappa shape index (κ3) is 4.31. The number of amides is 2. The highest BCUT2D eigenvalue weighted by atomic mass is 16.2. The molecular weight excluding hydrogens is 276 g/mol. The predicted octanol–water partition coefficient (Wildman–Crippen LogP) is 3.32. The Balaban J connectivity index is 2.04. The highest BCUT2D eigenvalue weighted by Gasteiger charge is 2.06. The summed E-state index contributed by atoms with van der Waals surface area (Å²) in [5.41, 5.74) is 2.34. The molecule has 0 spiro atoms. The lowest BCUT2D eigenvalue weighted by Gasteiger charge is -2.15. The zero-order chi connectivity index (χ0) is 15.9. The summed E-state index contributed by atoms with van der Waals surface area (Å²) in [4.78, 5) is 24.8. The molecule has 0 heterocycles. The molecule has 112 valence electrons. The molecule has 0 atom stereocenters. The molecule has 2 aromatic rings. The molecule has 2 rings (SSSR count). The largest absolute Gasteiger partial charge is 0.322 e. The first-order chi connectivity index (χ1) is 10.6. The van der Waals surface area contributed by atoms with Crippen molar-refractivity contribution in [1.82, 2.24) is 0 Å². The van der Waals surface area contributed by atoms with Crippen molar-refractivity contribution in [3.8, 4) is 0 Å². The average Bonchev–Trinajstić information content (AvgIpc) is 2.53. The van der Waals surface area contributed by atoms with Gasteiger partial charge in [-0.25, -0.2) is 0 Å². The van der Waals surface area contributed by atoms with Crippen LogP contribution in [-0.2, 0) is 9.59 Å². The SMILES string of the molecule is CC(=O)N(C)c1cccc(NC(=O)/C=C/c2ccccc2)c1. The Hall–Kier alpha value is -2.88. The van der Waals surface area contributed by atoms with Crippen LogP contribution < -0.4 is 10.2 Å². The van der Waals surface area contributed by atoms with Gasteiger partial charge in [-0.3, -0.25) is 9.59 Å². The van der Waals surface area contributed by atoms with Crippen LogP contribution in [0.5, 0.6) is 0 Å². The van der Waals surface area contributed by atoms with Crippen molar-refractivity contribution in [2.45, 2.75) is 6.92 Å². The van der Waals surface area contributed by atoms with E-state index in [0.717, 1.165) is 11.3 Å². The van der Waals surface area contributed by atoms with E-state index in [2.05, 4.69) is 5.32 Å². The van der Waals surface area contributed by atoms with Crippen LogP contribution in [0.1, 0.15) is 12.5 Å². The fraction of sp³-hybridized carbons (Fsp3) is 0.111. The Morgan fingerprint density at radius 2 is 1.77 bits per heavy atom. The Kier molecular flexibility index (Phi) is 5.09. The Bertz CT molecular complexity index is 693. The highest BCUT2D eigenvalue weighted by molar-refractivity contribution is 6.02.